The van der Waals surface area contributed by atoms with Crippen molar-refractivity contribution in [2.45, 2.75) is 39.8 Å². The van der Waals surface area contributed by atoms with Gasteiger partial charge in [-0.1, -0.05) is 30.3 Å². The van der Waals surface area contributed by atoms with Crippen LogP contribution in [0.15, 0.2) is 30.3 Å². The van der Waals surface area contributed by atoms with Gasteiger partial charge in [0.1, 0.15) is 11.3 Å². The summed E-state index contributed by atoms with van der Waals surface area (Å²) in [5, 5.41) is 0. The van der Waals surface area contributed by atoms with Gasteiger partial charge in [-0.2, -0.15) is 0 Å². The number of hydrogen-bond acceptors (Lipinski definition) is 7. The molecule has 2 aromatic rings. The summed E-state index contributed by atoms with van der Waals surface area (Å²) in [6.45, 7) is 9.69. The summed E-state index contributed by atoms with van der Waals surface area (Å²) in [4.78, 5) is 46.3. The minimum absolute atomic E-state index is 0.0643. The van der Waals surface area contributed by atoms with Crippen molar-refractivity contribution in [1.29, 1.82) is 0 Å². The Morgan fingerprint density at radius 2 is 1.66 bits per heavy atom. The summed E-state index contributed by atoms with van der Waals surface area (Å²) >= 11 is 0. The van der Waals surface area contributed by atoms with Crippen LogP contribution in [0.5, 0.6) is 0 Å². The van der Waals surface area contributed by atoms with Crippen molar-refractivity contribution in [3.63, 3.8) is 0 Å². The number of carbonyl (C=O) groups is 3. The topological polar surface area (TPSA) is 94.0 Å². The molecule has 0 saturated carbocycles. The Labute approximate surface area is 187 Å². The fraction of sp³-hybridized carbons (Fsp3) is 0.478. The Bertz CT molecular complexity index is 986. The van der Waals surface area contributed by atoms with Crippen molar-refractivity contribution in [3.05, 3.63) is 47.3 Å². The molecule has 0 unspecified atom stereocenters. The van der Waals surface area contributed by atoms with Crippen molar-refractivity contribution < 1.29 is 23.9 Å². The Morgan fingerprint density at radius 3 is 2.19 bits per heavy atom. The van der Waals surface area contributed by atoms with Crippen LogP contribution in [0.25, 0.3) is 0 Å². The summed E-state index contributed by atoms with van der Waals surface area (Å²) in [5.41, 5.74) is 0.0806. The first-order valence-corrected chi connectivity index (χ1v) is 10.7. The number of ether oxygens (including phenoxy) is 2. The molecule has 3 rings (SSSR count). The fourth-order valence-corrected chi connectivity index (χ4v) is 3.59. The predicted molar refractivity (Wildman–Crippen MR) is 119 cm³/mol. The SMILES string of the molecule is CCn1c(N2CCN(C(=O)OC(C)(C)C)CC2)nc(C(=O)c2ccccc2)c1C(=O)OC. The van der Waals surface area contributed by atoms with Gasteiger partial charge in [0.15, 0.2) is 5.69 Å². The number of rotatable bonds is 5. The van der Waals surface area contributed by atoms with E-state index in [1.54, 1.807) is 33.7 Å². The van der Waals surface area contributed by atoms with E-state index in [1.165, 1.54) is 7.11 Å². The van der Waals surface area contributed by atoms with Gasteiger partial charge in [0.25, 0.3) is 0 Å². The first kappa shape index (κ1) is 23.3. The molecule has 0 atom stereocenters. The Morgan fingerprint density at radius 1 is 1.03 bits per heavy atom. The number of anilines is 1. The number of amides is 1. The van der Waals surface area contributed by atoms with Crippen molar-refractivity contribution in [2.75, 3.05) is 38.2 Å². The molecular formula is C23H30N4O5. The number of piperazine rings is 1. The maximum absolute atomic E-state index is 13.2. The number of methoxy groups -OCH3 is 1. The van der Waals surface area contributed by atoms with Gasteiger partial charge in [-0.05, 0) is 27.7 Å². The van der Waals surface area contributed by atoms with Crippen LogP contribution in [-0.4, -0.2) is 71.2 Å². The zero-order valence-corrected chi connectivity index (χ0v) is 19.3. The van der Waals surface area contributed by atoms with E-state index in [1.807, 2.05) is 38.7 Å². The predicted octanol–water partition coefficient (Wildman–Crippen LogP) is 2.98. The molecule has 0 spiro atoms. The van der Waals surface area contributed by atoms with Crippen LogP contribution in [0.4, 0.5) is 10.7 Å². The summed E-state index contributed by atoms with van der Waals surface area (Å²) in [7, 11) is 1.28. The second kappa shape index (κ2) is 9.42. The number of benzene rings is 1. The lowest BCUT2D eigenvalue weighted by atomic mass is 10.1. The fourth-order valence-electron chi connectivity index (χ4n) is 3.59. The number of esters is 1. The molecule has 0 aliphatic carbocycles. The molecule has 1 aliphatic rings. The molecule has 1 aromatic heterocycles. The Hall–Kier alpha value is -3.36. The lowest BCUT2D eigenvalue weighted by molar-refractivity contribution is 0.0239. The molecule has 1 amide bonds. The van der Waals surface area contributed by atoms with Crippen LogP contribution < -0.4 is 4.90 Å². The summed E-state index contributed by atoms with van der Waals surface area (Å²) in [5.74, 6) is -0.444. The zero-order chi connectivity index (χ0) is 23.5. The second-order valence-corrected chi connectivity index (χ2v) is 8.49. The third-order valence-corrected chi connectivity index (χ3v) is 5.11. The van der Waals surface area contributed by atoms with E-state index in [-0.39, 0.29) is 23.3 Å². The van der Waals surface area contributed by atoms with Crippen LogP contribution in [0, 0.1) is 0 Å². The second-order valence-electron chi connectivity index (χ2n) is 8.49. The van der Waals surface area contributed by atoms with Crippen LogP contribution in [-0.2, 0) is 16.0 Å². The van der Waals surface area contributed by atoms with Gasteiger partial charge in [-0.15, -0.1) is 0 Å². The van der Waals surface area contributed by atoms with Crippen molar-refractivity contribution >= 4 is 23.8 Å². The quantitative estimate of drug-likeness (QED) is 0.519. The molecule has 1 aliphatic heterocycles. The van der Waals surface area contributed by atoms with E-state index < -0.39 is 11.6 Å². The van der Waals surface area contributed by atoms with Gasteiger partial charge in [-0.3, -0.25) is 4.79 Å². The van der Waals surface area contributed by atoms with Gasteiger partial charge in [-0.25, -0.2) is 14.6 Å². The zero-order valence-electron chi connectivity index (χ0n) is 19.3. The molecular weight excluding hydrogens is 412 g/mol. The van der Waals surface area contributed by atoms with Crippen molar-refractivity contribution in [2.24, 2.45) is 0 Å². The van der Waals surface area contributed by atoms with Gasteiger partial charge in [0.05, 0.1) is 7.11 Å². The third-order valence-electron chi connectivity index (χ3n) is 5.11. The number of imidazole rings is 1. The largest absolute Gasteiger partial charge is 0.464 e. The highest BCUT2D eigenvalue weighted by atomic mass is 16.6. The smallest absolute Gasteiger partial charge is 0.410 e. The molecule has 32 heavy (non-hydrogen) atoms. The number of aromatic nitrogens is 2. The average Bonchev–Trinajstić information content (AvgIpc) is 3.17. The standard InChI is InChI=1S/C23H30N4O5/c1-6-27-18(20(29)31-5)17(19(28)16-10-8-7-9-11-16)24-21(27)25-12-14-26(15-13-25)22(30)32-23(2,3)4/h7-11H,6,12-15H2,1-5H3. The summed E-state index contributed by atoms with van der Waals surface area (Å²) < 4.78 is 12.1. The van der Waals surface area contributed by atoms with Crippen molar-refractivity contribution in [3.8, 4) is 0 Å². The summed E-state index contributed by atoms with van der Waals surface area (Å²) in [6.07, 6.45) is -0.355. The van der Waals surface area contributed by atoms with E-state index in [0.29, 0.717) is 44.2 Å². The number of nitrogens with zero attached hydrogens (tertiary/aromatic N) is 4. The normalized spacial score (nSPS) is 14.3. The molecule has 1 saturated heterocycles. The highest BCUT2D eigenvalue weighted by molar-refractivity contribution is 6.13. The van der Waals surface area contributed by atoms with E-state index in [9.17, 15) is 14.4 Å². The molecule has 9 heteroatoms. The molecule has 1 aromatic carbocycles. The Balaban J connectivity index is 1.89. The highest BCUT2D eigenvalue weighted by Crippen LogP contribution is 2.25. The molecule has 0 bridgehead atoms. The highest BCUT2D eigenvalue weighted by Gasteiger charge is 2.32. The molecule has 2 heterocycles. The van der Waals surface area contributed by atoms with Crippen LogP contribution in [0.3, 0.4) is 0 Å². The van der Waals surface area contributed by atoms with E-state index in [0.717, 1.165) is 0 Å². The molecule has 9 nitrogen and oxygen atoms in total. The first-order chi connectivity index (χ1) is 15.2. The van der Waals surface area contributed by atoms with Crippen LogP contribution >= 0.6 is 0 Å². The molecule has 1 fully saturated rings. The third kappa shape index (κ3) is 4.92. The van der Waals surface area contributed by atoms with E-state index in [2.05, 4.69) is 4.98 Å². The lowest BCUT2D eigenvalue weighted by Gasteiger charge is -2.36. The minimum Gasteiger partial charge on any atom is -0.464 e. The number of ketones is 1. The number of carbonyl (C=O) groups excluding carboxylic acids is 3. The molecule has 0 radical (unpaired) electrons. The first-order valence-electron chi connectivity index (χ1n) is 10.7. The summed E-state index contributed by atoms with van der Waals surface area (Å²) in [6, 6.07) is 8.72. The lowest BCUT2D eigenvalue weighted by Crippen LogP contribution is -2.50. The van der Waals surface area contributed by atoms with Crippen LogP contribution in [0.2, 0.25) is 0 Å². The average molecular weight is 443 g/mol. The van der Waals surface area contributed by atoms with Gasteiger partial charge in [0.2, 0.25) is 11.7 Å². The van der Waals surface area contributed by atoms with Gasteiger partial charge in [0, 0.05) is 38.3 Å². The number of hydrogen-bond donors (Lipinski definition) is 0. The van der Waals surface area contributed by atoms with E-state index in [4.69, 9.17) is 9.47 Å². The minimum atomic E-state index is -0.614. The maximum Gasteiger partial charge on any atom is 0.410 e. The van der Waals surface area contributed by atoms with Crippen molar-refractivity contribution in [1.82, 2.24) is 14.5 Å². The van der Waals surface area contributed by atoms with Gasteiger partial charge < -0.3 is 23.8 Å². The Kier molecular flexibility index (Phi) is 6.86. The molecule has 0 N–H and O–H groups in total. The van der Waals surface area contributed by atoms with E-state index >= 15 is 0 Å². The molecule has 172 valence electrons. The van der Waals surface area contributed by atoms with Crippen LogP contribution in [0.1, 0.15) is 54.2 Å². The maximum atomic E-state index is 13.2. The van der Waals surface area contributed by atoms with Gasteiger partial charge >= 0.3 is 12.1 Å². The monoisotopic (exact) mass is 442 g/mol.